The molecule has 0 fully saturated rings. The van der Waals surface area contributed by atoms with E-state index in [0.29, 0.717) is 17.1 Å². The molecule has 4 nitrogen and oxygen atoms in total. The second-order valence-electron chi connectivity index (χ2n) is 5.53. The molecule has 1 heterocycles. The molecular weight excluding hydrogens is 427 g/mol. The largest absolute Gasteiger partial charge is 0.436 e. The van der Waals surface area contributed by atoms with Crippen LogP contribution in [0.4, 0.5) is 5.69 Å². The number of benzene rings is 3. The van der Waals surface area contributed by atoms with Crippen molar-refractivity contribution in [2.24, 2.45) is 0 Å². The van der Waals surface area contributed by atoms with E-state index >= 15 is 0 Å². The van der Waals surface area contributed by atoms with Crippen molar-refractivity contribution in [1.29, 1.82) is 0 Å². The minimum atomic E-state index is -0.145. The number of carbonyl (C=O) groups excluding carboxylic acids is 1. The van der Waals surface area contributed by atoms with Crippen LogP contribution in [0.2, 0.25) is 0 Å². The van der Waals surface area contributed by atoms with Crippen LogP contribution in [0.15, 0.2) is 77.2 Å². The Morgan fingerprint density at radius 1 is 0.960 bits per heavy atom. The van der Waals surface area contributed by atoms with Crippen molar-refractivity contribution in [2.75, 3.05) is 5.32 Å². The smallest absolute Gasteiger partial charge is 0.255 e. The average Bonchev–Trinajstić information content (AvgIpc) is 3.06. The van der Waals surface area contributed by atoms with Crippen LogP contribution in [0.5, 0.6) is 0 Å². The van der Waals surface area contributed by atoms with Crippen molar-refractivity contribution >= 4 is 45.3 Å². The molecule has 0 aliphatic carbocycles. The van der Waals surface area contributed by atoms with Gasteiger partial charge in [-0.3, -0.25) is 4.79 Å². The summed E-state index contributed by atoms with van der Waals surface area (Å²) >= 11 is 2.19. The van der Waals surface area contributed by atoms with E-state index in [0.717, 1.165) is 20.2 Å². The summed E-state index contributed by atoms with van der Waals surface area (Å²) < 4.78 is 6.81. The van der Waals surface area contributed by atoms with E-state index < -0.39 is 0 Å². The maximum Gasteiger partial charge on any atom is 0.255 e. The van der Waals surface area contributed by atoms with Gasteiger partial charge in [0.05, 0.1) is 0 Å². The molecule has 25 heavy (non-hydrogen) atoms. The standard InChI is InChI=1S/C20H13IN2O2/c21-15-7-3-5-13(11-15)19(24)22-16-8-4-6-14(12-16)20-23-17-9-1-2-10-18(17)25-20/h1-12H,(H,22,24). The Morgan fingerprint density at radius 3 is 2.64 bits per heavy atom. The third-order valence-electron chi connectivity index (χ3n) is 3.75. The Hall–Kier alpha value is -2.67. The molecular formula is C20H13IN2O2. The van der Waals surface area contributed by atoms with Gasteiger partial charge in [0.1, 0.15) is 5.52 Å². The summed E-state index contributed by atoms with van der Waals surface area (Å²) in [6.45, 7) is 0. The number of nitrogens with zero attached hydrogens (tertiary/aromatic N) is 1. The number of anilines is 1. The van der Waals surface area contributed by atoms with Gasteiger partial charge in [0, 0.05) is 20.4 Å². The number of rotatable bonds is 3. The normalized spacial score (nSPS) is 10.8. The zero-order valence-electron chi connectivity index (χ0n) is 13.1. The molecule has 0 saturated heterocycles. The topological polar surface area (TPSA) is 55.1 Å². The minimum absolute atomic E-state index is 0.145. The van der Waals surface area contributed by atoms with E-state index in [2.05, 4.69) is 32.9 Å². The first-order valence-corrected chi connectivity index (χ1v) is 8.80. The van der Waals surface area contributed by atoms with E-state index in [4.69, 9.17) is 4.42 Å². The quantitative estimate of drug-likeness (QED) is 0.437. The van der Waals surface area contributed by atoms with Crippen LogP contribution in [0.3, 0.4) is 0 Å². The van der Waals surface area contributed by atoms with Crippen LogP contribution in [0, 0.1) is 3.57 Å². The van der Waals surface area contributed by atoms with Crippen molar-refractivity contribution in [3.8, 4) is 11.5 Å². The summed E-state index contributed by atoms with van der Waals surface area (Å²) in [5.41, 5.74) is 3.69. The predicted molar refractivity (Wildman–Crippen MR) is 107 cm³/mol. The summed E-state index contributed by atoms with van der Waals surface area (Å²) in [7, 11) is 0. The molecule has 1 amide bonds. The highest BCUT2D eigenvalue weighted by Crippen LogP contribution is 2.26. The lowest BCUT2D eigenvalue weighted by Crippen LogP contribution is -2.11. The first-order chi connectivity index (χ1) is 12.2. The molecule has 3 aromatic carbocycles. The highest BCUT2D eigenvalue weighted by Gasteiger charge is 2.10. The molecule has 1 N–H and O–H groups in total. The fourth-order valence-corrected chi connectivity index (χ4v) is 3.10. The van der Waals surface area contributed by atoms with Gasteiger partial charge >= 0.3 is 0 Å². The van der Waals surface area contributed by atoms with Crippen molar-refractivity contribution in [3.63, 3.8) is 0 Å². The van der Waals surface area contributed by atoms with Gasteiger partial charge in [-0.25, -0.2) is 4.98 Å². The number of para-hydroxylation sites is 2. The van der Waals surface area contributed by atoms with Gasteiger partial charge in [-0.15, -0.1) is 0 Å². The molecule has 0 aliphatic heterocycles. The molecule has 0 spiro atoms. The first kappa shape index (κ1) is 15.8. The Bertz CT molecular complexity index is 1040. The van der Waals surface area contributed by atoms with E-state index in [1.807, 2.05) is 66.7 Å². The molecule has 0 radical (unpaired) electrons. The summed E-state index contributed by atoms with van der Waals surface area (Å²) in [6, 6.07) is 22.6. The highest BCUT2D eigenvalue weighted by molar-refractivity contribution is 14.1. The number of nitrogens with one attached hydrogen (secondary N) is 1. The Kier molecular flexibility index (Phi) is 4.23. The zero-order valence-corrected chi connectivity index (χ0v) is 15.2. The number of oxazole rings is 1. The van der Waals surface area contributed by atoms with E-state index in [-0.39, 0.29) is 5.91 Å². The van der Waals surface area contributed by atoms with Crippen molar-refractivity contribution in [1.82, 2.24) is 4.98 Å². The molecule has 0 aliphatic rings. The van der Waals surface area contributed by atoms with Gasteiger partial charge in [0.15, 0.2) is 5.58 Å². The number of hydrogen-bond donors (Lipinski definition) is 1. The number of aromatic nitrogens is 1. The number of halogens is 1. The monoisotopic (exact) mass is 440 g/mol. The first-order valence-electron chi connectivity index (χ1n) is 7.72. The molecule has 5 heteroatoms. The number of fused-ring (bicyclic) bond motifs is 1. The lowest BCUT2D eigenvalue weighted by Gasteiger charge is -2.06. The van der Waals surface area contributed by atoms with Gasteiger partial charge < -0.3 is 9.73 Å². The molecule has 0 bridgehead atoms. The minimum Gasteiger partial charge on any atom is -0.436 e. The van der Waals surface area contributed by atoms with Gasteiger partial charge in [0.2, 0.25) is 5.89 Å². The Balaban J connectivity index is 1.62. The maximum absolute atomic E-state index is 12.4. The maximum atomic E-state index is 12.4. The van der Waals surface area contributed by atoms with Crippen LogP contribution in [0.25, 0.3) is 22.6 Å². The lowest BCUT2D eigenvalue weighted by atomic mass is 10.1. The van der Waals surface area contributed by atoms with Crippen LogP contribution in [-0.4, -0.2) is 10.9 Å². The van der Waals surface area contributed by atoms with E-state index in [1.54, 1.807) is 6.07 Å². The lowest BCUT2D eigenvalue weighted by molar-refractivity contribution is 0.102. The van der Waals surface area contributed by atoms with Crippen molar-refractivity contribution in [2.45, 2.75) is 0 Å². The van der Waals surface area contributed by atoms with E-state index in [9.17, 15) is 4.79 Å². The zero-order chi connectivity index (χ0) is 17.2. The molecule has 0 unspecified atom stereocenters. The van der Waals surface area contributed by atoms with Gasteiger partial charge in [0.25, 0.3) is 5.91 Å². The summed E-state index contributed by atoms with van der Waals surface area (Å²) in [5.74, 6) is 0.389. The molecule has 0 saturated carbocycles. The van der Waals surface area contributed by atoms with Crippen LogP contribution in [-0.2, 0) is 0 Å². The number of amides is 1. The van der Waals surface area contributed by atoms with Crippen molar-refractivity contribution < 1.29 is 9.21 Å². The Labute approximate surface area is 158 Å². The average molecular weight is 440 g/mol. The second-order valence-corrected chi connectivity index (χ2v) is 6.78. The van der Waals surface area contributed by atoms with Gasteiger partial charge in [-0.05, 0) is 71.1 Å². The van der Waals surface area contributed by atoms with Gasteiger partial charge in [-0.2, -0.15) is 0 Å². The van der Waals surface area contributed by atoms with Gasteiger partial charge in [-0.1, -0.05) is 24.3 Å². The van der Waals surface area contributed by atoms with Crippen molar-refractivity contribution in [3.05, 3.63) is 81.9 Å². The van der Waals surface area contributed by atoms with E-state index in [1.165, 1.54) is 0 Å². The summed E-state index contributed by atoms with van der Waals surface area (Å²) in [5, 5.41) is 2.92. The molecule has 122 valence electrons. The summed E-state index contributed by atoms with van der Waals surface area (Å²) in [4.78, 5) is 16.9. The number of hydrogen-bond acceptors (Lipinski definition) is 3. The third kappa shape index (κ3) is 3.41. The summed E-state index contributed by atoms with van der Waals surface area (Å²) in [6.07, 6.45) is 0. The SMILES string of the molecule is O=C(Nc1cccc(-c2nc3ccccc3o2)c1)c1cccc(I)c1. The fourth-order valence-electron chi connectivity index (χ4n) is 2.56. The molecule has 1 aromatic heterocycles. The highest BCUT2D eigenvalue weighted by atomic mass is 127. The number of carbonyl (C=O) groups is 1. The second kappa shape index (κ2) is 6.68. The molecule has 4 aromatic rings. The van der Waals surface area contributed by atoms with Crippen LogP contribution >= 0.6 is 22.6 Å². The fraction of sp³-hybridized carbons (Fsp3) is 0. The third-order valence-corrected chi connectivity index (χ3v) is 4.42. The molecule has 0 atom stereocenters. The Morgan fingerprint density at radius 2 is 1.80 bits per heavy atom. The van der Waals surface area contributed by atoms with Crippen LogP contribution in [0.1, 0.15) is 10.4 Å². The predicted octanol–water partition coefficient (Wildman–Crippen LogP) is 5.35. The molecule has 4 rings (SSSR count). The van der Waals surface area contributed by atoms with Crippen LogP contribution < -0.4 is 5.32 Å².